The Morgan fingerprint density at radius 1 is 0.938 bits per heavy atom. The minimum Gasteiger partial charge on any atom is -0.496 e. The minimum absolute atomic E-state index is 0.0978. The fourth-order valence-electron chi connectivity index (χ4n) is 3.72. The number of methoxy groups -OCH3 is 2. The number of anilines is 2. The molecule has 6 nitrogen and oxygen atoms in total. The van der Waals surface area contributed by atoms with Crippen LogP contribution in [-0.4, -0.2) is 38.3 Å². The van der Waals surface area contributed by atoms with Crippen molar-refractivity contribution in [3.8, 4) is 11.5 Å². The first-order valence-electron chi connectivity index (χ1n) is 10.2. The van der Waals surface area contributed by atoms with Gasteiger partial charge in [0.05, 0.1) is 20.0 Å². The Kier molecular flexibility index (Phi) is 6.66. The third-order valence-electron chi connectivity index (χ3n) is 5.32. The van der Waals surface area contributed by atoms with Gasteiger partial charge in [-0.15, -0.1) is 11.8 Å². The van der Waals surface area contributed by atoms with Crippen molar-refractivity contribution in [2.45, 2.75) is 11.3 Å². The van der Waals surface area contributed by atoms with Crippen LogP contribution < -0.4 is 19.7 Å². The van der Waals surface area contributed by atoms with Crippen molar-refractivity contribution in [2.24, 2.45) is 0 Å². The second-order valence-corrected chi connectivity index (χ2v) is 8.28. The Bertz CT molecular complexity index is 1110. The first-order valence-corrected chi connectivity index (χ1v) is 11.2. The van der Waals surface area contributed by atoms with Crippen LogP contribution in [0.3, 0.4) is 0 Å². The number of rotatable bonds is 7. The van der Waals surface area contributed by atoms with Crippen molar-refractivity contribution in [2.75, 3.05) is 36.7 Å². The molecule has 0 unspecified atom stereocenters. The van der Waals surface area contributed by atoms with Gasteiger partial charge >= 0.3 is 0 Å². The maximum absolute atomic E-state index is 12.8. The fourth-order valence-corrected chi connectivity index (χ4v) is 4.50. The van der Waals surface area contributed by atoms with Crippen molar-refractivity contribution in [1.29, 1.82) is 0 Å². The average molecular weight is 449 g/mol. The van der Waals surface area contributed by atoms with Crippen LogP contribution in [0, 0.1) is 0 Å². The third kappa shape index (κ3) is 4.57. The SMILES string of the molecule is COc1cccc(OC)c1C(=O)Nc1ccc(SCC(=O)N2CCc3ccccc32)cc1. The Morgan fingerprint density at radius 2 is 1.62 bits per heavy atom. The summed E-state index contributed by atoms with van der Waals surface area (Å²) >= 11 is 1.48. The lowest BCUT2D eigenvalue weighted by Crippen LogP contribution is -2.30. The number of nitrogens with one attached hydrogen (secondary N) is 1. The quantitative estimate of drug-likeness (QED) is 0.534. The number of thioether (sulfide) groups is 1. The van der Waals surface area contributed by atoms with Gasteiger partial charge < -0.3 is 19.7 Å². The van der Waals surface area contributed by atoms with Crippen LogP contribution in [0.4, 0.5) is 11.4 Å². The van der Waals surface area contributed by atoms with Crippen LogP contribution >= 0.6 is 11.8 Å². The van der Waals surface area contributed by atoms with E-state index in [0.29, 0.717) is 28.5 Å². The van der Waals surface area contributed by atoms with Crippen molar-refractivity contribution < 1.29 is 19.1 Å². The topological polar surface area (TPSA) is 67.9 Å². The number of hydrogen-bond acceptors (Lipinski definition) is 5. The van der Waals surface area contributed by atoms with Crippen molar-refractivity contribution in [3.05, 3.63) is 77.9 Å². The summed E-state index contributed by atoms with van der Waals surface area (Å²) in [5.74, 6) is 1.02. The molecule has 32 heavy (non-hydrogen) atoms. The van der Waals surface area contributed by atoms with Gasteiger partial charge in [0.2, 0.25) is 5.91 Å². The van der Waals surface area contributed by atoms with E-state index >= 15 is 0 Å². The Labute approximate surface area is 191 Å². The fraction of sp³-hybridized carbons (Fsp3) is 0.200. The van der Waals surface area contributed by atoms with Crippen LogP contribution in [0.15, 0.2) is 71.6 Å². The van der Waals surface area contributed by atoms with Gasteiger partial charge in [0.25, 0.3) is 5.91 Å². The van der Waals surface area contributed by atoms with Crippen LogP contribution in [0.5, 0.6) is 11.5 Å². The highest BCUT2D eigenvalue weighted by atomic mass is 32.2. The highest BCUT2D eigenvalue weighted by Gasteiger charge is 2.24. The molecule has 0 bridgehead atoms. The van der Waals surface area contributed by atoms with E-state index in [1.165, 1.54) is 31.5 Å². The number of carbonyl (C=O) groups is 2. The minimum atomic E-state index is -0.317. The molecule has 0 aromatic heterocycles. The number of fused-ring (bicyclic) bond motifs is 1. The highest BCUT2D eigenvalue weighted by molar-refractivity contribution is 8.00. The lowest BCUT2D eigenvalue weighted by Gasteiger charge is -2.17. The number of nitrogens with zero attached hydrogens (tertiary/aromatic N) is 1. The molecular weight excluding hydrogens is 424 g/mol. The summed E-state index contributed by atoms with van der Waals surface area (Å²) in [6, 6.07) is 20.7. The van der Waals surface area contributed by atoms with Gasteiger partial charge in [0.1, 0.15) is 17.1 Å². The maximum Gasteiger partial charge on any atom is 0.263 e. The van der Waals surface area contributed by atoms with E-state index in [9.17, 15) is 9.59 Å². The summed E-state index contributed by atoms with van der Waals surface area (Å²) < 4.78 is 10.6. The number of hydrogen-bond donors (Lipinski definition) is 1. The van der Waals surface area contributed by atoms with E-state index in [2.05, 4.69) is 11.4 Å². The first-order chi connectivity index (χ1) is 15.6. The summed E-state index contributed by atoms with van der Waals surface area (Å²) in [6.07, 6.45) is 0.901. The van der Waals surface area contributed by atoms with E-state index in [0.717, 1.165) is 23.5 Å². The second-order valence-electron chi connectivity index (χ2n) is 7.23. The largest absolute Gasteiger partial charge is 0.496 e. The summed E-state index contributed by atoms with van der Waals surface area (Å²) in [5.41, 5.74) is 3.22. The molecule has 164 valence electrons. The first kappa shape index (κ1) is 21.8. The molecule has 1 aliphatic rings. The predicted octanol–water partition coefficient (Wildman–Crippen LogP) is 4.64. The molecule has 3 aromatic rings. The van der Waals surface area contributed by atoms with Crippen molar-refractivity contribution >= 4 is 35.0 Å². The lowest BCUT2D eigenvalue weighted by atomic mass is 10.1. The predicted molar refractivity (Wildman–Crippen MR) is 127 cm³/mol. The monoisotopic (exact) mass is 448 g/mol. The highest BCUT2D eigenvalue weighted by Crippen LogP contribution is 2.31. The number of para-hydroxylation sites is 1. The third-order valence-corrected chi connectivity index (χ3v) is 6.31. The number of amides is 2. The lowest BCUT2D eigenvalue weighted by molar-refractivity contribution is -0.116. The number of ether oxygens (including phenoxy) is 2. The normalized spacial score (nSPS) is 12.2. The molecule has 3 aromatic carbocycles. The molecule has 2 amide bonds. The molecule has 0 saturated heterocycles. The Morgan fingerprint density at radius 3 is 2.31 bits per heavy atom. The van der Waals surface area contributed by atoms with Crippen LogP contribution in [0.2, 0.25) is 0 Å². The van der Waals surface area contributed by atoms with E-state index in [4.69, 9.17) is 9.47 Å². The van der Waals surface area contributed by atoms with E-state index in [1.54, 1.807) is 18.2 Å². The molecule has 7 heteroatoms. The molecule has 0 fully saturated rings. The number of benzene rings is 3. The van der Waals surface area contributed by atoms with Crippen LogP contribution in [0.1, 0.15) is 15.9 Å². The van der Waals surface area contributed by atoms with Gasteiger partial charge in [-0.05, 0) is 54.4 Å². The summed E-state index contributed by atoms with van der Waals surface area (Å²) in [4.78, 5) is 28.3. The van der Waals surface area contributed by atoms with Crippen molar-refractivity contribution in [1.82, 2.24) is 0 Å². The average Bonchev–Trinajstić information content (AvgIpc) is 3.27. The van der Waals surface area contributed by atoms with Gasteiger partial charge in [-0.3, -0.25) is 9.59 Å². The van der Waals surface area contributed by atoms with Gasteiger partial charge in [0.15, 0.2) is 0 Å². The van der Waals surface area contributed by atoms with E-state index < -0.39 is 0 Å². The molecule has 1 aliphatic heterocycles. The van der Waals surface area contributed by atoms with Crippen LogP contribution in [0.25, 0.3) is 0 Å². The Hall–Kier alpha value is -3.45. The molecule has 0 aliphatic carbocycles. The van der Waals surface area contributed by atoms with Crippen molar-refractivity contribution in [3.63, 3.8) is 0 Å². The number of carbonyl (C=O) groups excluding carboxylic acids is 2. The second kappa shape index (κ2) is 9.78. The zero-order valence-corrected chi connectivity index (χ0v) is 18.8. The van der Waals surface area contributed by atoms with E-state index in [1.807, 2.05) is 47.4 Å². The Balaban J connectivity index is 1.37. The standard InChI is InChI=1S/C25H24N2O4S/c1-30-21-8-5-9-22(31-2)24(21)25(29)26-18-10-12-19(13-11-18)32-16-23(28)27-15-14-17-6-3-4-7-20(17)27/h3-13H,14-16H2,1-2H3,(H,26,29). The van der Waals surface area contributed by atoms with Crippen LogP contribution in [-0.2, 0) is 11.2 Å². The molecule has 0 atom stereocenters. The zero-order valence-electron chi connectivity index (χ0n) is 18.0. The van der Waals surface area contributed by atoms with E-state index in [-0.39, 0.29) is 11.8 Å². The summed E-state index contributed by atoms with van der Waals surface area (Å²) in [7, 11) is 3.03. The van der Waals surface area contributed by atoms with Gasteiger partial charge in [-0.25, -0.2) is 0 Å². The van der Waals surface area contributed by atoms with Gasteiger partial charge in [-0.2, -0.15) is 0 Å². The summed E-state index contributed by atoms with van der Waals surface area (Å²) in [6.45, 7) is 0.732. The van der Waals surface area contributed by atoms with Gasteiger partial charge in [0, 0.05) is 22.8 Å². The maximum atomic E-state index is 12.8. The zero-order chi connectivity index (χ0) is 22.5. The molecule has 1 heterocycles. The molecule has 1 N–H and O–H groups in total. The van der Waals surface area contributed by atoms with Gasteiger partial charge in [-0.1, -0.05) is 24.3 Å². The molecular formula is C25H24N2O4S. The smallest absolute Gasteiger partial charge is 0.263 e. The molecule has 0 radical (unpaired) electrons. The molecule has 4 rings (SSSR count). The summed E-state index contributed by atoms with van der Waals surface area (Å²) in [5, 5.41) is 2.87. The molecule has 0 spiro atoms. The molecule has 0 saturated carbocycles.